The van der Waals surface area contributed by atoms with Gasteiger partial charge in [0.2, 0.25) is 0 Å². The largest absolute Gasteiger partial charge is 0.478 e. The monoisotopic (exact) mass is 445 g/mol. The van der Waals surface area contributed by atoms with E-state index < -0.39 is 12.0 Å². The molecule has 1 aliphatic rings. The topological polar surface area (TPSA) is 101 Å². The summed E-state index contributed by atoms with van der Waals surface area (Å²) in [5.74, 6) is -1.71. The molecule has 4 rings (SSSR count). The fourth-order valence-electron chi connectivity index (χ4n) is 4.12. The van der Waals surface area contributed by atoms with E-state index >= 15 is 0 Å². The number of rotatable bonds is 5. The highest BCUT2D eigenvalue weighted by molar-refractivity contribution is 6.32. The zero-order chi connectivity index (χ0) is 23.9. The summed E-state index contributed by atoms with van der Waals surface area (Å²) in [6.07, 6.45) is 1.80. The summed E-state index contributed by atoms with van der Waals surface area (Å²) >= 11 is 0. The predicted molar refractivity (Wildman–Crippen MR) is 125 cm³/mol. The summed E-state index contributed by atoms with van der Waals surface area (Å²) < 4.78 is 6.85. The molecule has 1 unspecified atom stereocenters. The smallest absolute Gasteiger partial charge is 0.335 e. The Balaban J connectivity index is 1.78. The molecule has 168 valence electrons. The van der Waals surface area contributed by atoms with Gasteiger partial charge in [0.05, 0.1) is 29.6 Å². The van der Waals surface area contributed by atoms with Crippen molar-refractivity contribution < 1.29 is 24.2 Å². The van der Waals surface area contributed by atoms with Crippen molar-refractivity contribution in [2.75, 3.05) is 12.1 Å². The number of para-hydroxylation sites is 1. The first-order chi connectivity index (χ1) is 15.7. The van der Waals surface area contributed by atoms with E-state index in [2.05, 4.69) is 5.10 Å². The Labute approximate surface area is 190 Å². The van der Waals surface area contributed by atoms with Gasteiger partial charge in [-0.2, -0.15) is 10.1 Å². The highest BCUT2D eigenvalue weighted by Gasteiger charge is 2.30. The minimum Gasteiger partial charge on any atom is -0.478 e. The molecule has 0 spiro atoms. The number of aromatic nitrogens is 1. The summed E-state index contributed by atoms with van der Waals surface area (Å²) in [4.78, 5) is 36.6. The highest BCUT2D eigenvalue weighted by Crippen LogP contribution is 2.33. The number of fused-ring (bicyclic) bond motifs is 1. The Bertz CT molecular complexity index is 1350. The van der Waals surface area contributed by atoms with Crippen LogP contribution >= 0.6 is 0 Å². The SMILES string of the molecule is COC(=O)C(C)n1c(C)c(C=C2C(=O)N(c3ccc(C(=O)O)cc3)N=C2C)c2ccccc21. The number of carbonyl (C=O) groups is 3. The molecule has 33 heavy (non-hydrogen) atoms. The molecule has 8 heteroatoms. The van der Waals surface area contributed by atoms with Gasteiger partial charge in [0.25, 0.3) is 5.91 Å². The molecule has 2 heterocycles. The Morgan fingerprint density at radius 3 is 2.39 bits per heavy atom. The van der Waals surface area contributed by atoms with Crippen LogP contribution < -0.4 is 5.01 Å². The van der Waals surface area contributed by atoms with Crippen molar-refractivity contribution in [3.63, 3.8) is 0 Å². The van der Waals surface area contributed by atoms with Gasteiger partial charge in [-0.1, -0.05) is 18.2 Å². The number of amides is 1. The minimum absolute atomic E-state index is 0.130. The average Bonchev–Trinajstić information content (AvgIpc) is 3.26. The number of carboxylic acid groups (broad SMARTS) is 1. The Morgan fingerprint density at radius 1 is 1.09 bits per heavy atom. The molecule has 1 N–H and O–H groups in total. The predicted octanol–water partition coefficient (Wildman–Crippen LogP) is 4.19. The molecule has 1 amide bonds. The maximum absolute atomic E-state index is 13.2. The number of ether oxygens (including phenoxy) is 1. The third-order valence-corrected chi connectivity index (χ3v) is 5.84. The maximum Gasteiger partial charge on any atom is 0.335 e. The van der Waals surface area contributed by atoms with Crippen molar-refractivity contribution in [1.82, 2.24) is 4.57 Å². The second-order valence-electron chi connectivity index (χ2n) is 7.80. The van der Waals surface area contributed by atoms with Crippen LogP contribution in [-0.2, 0) is 14.3 Å². The number of hydrazone groups is 1. The standard InChI is InChI=1S/C25H23N3O5/c1-14-20(23(29)28(26-14)18-11-9-17(10-12-18)24(30)31)13-21-15(2)27(16(3)25(32)33-4)22-8-6-5-7-19(21)22/h5-13,16H,1-4H3,(H,30,31). The van der Waals surface area contributed by atoms with Gasteiger partial charge in [-0.15, -0.1) is 0 Å². The number of benzene rings is 2. The van der Waals surface area contributed by atoms with Crippen LogP contribution in [-0.4, -0.2) is 40.3 Å². The van der Waals surface area contributed by atoms with Gasteiger partial charge in [0, 0.05) is 22.2 Å². The number of carboxylic acids is 1. The minimum atomic E-state index is -1.04. The number of methoxy groups -OCH3 is 1. The number of carbonyl (C=O) groups excluding carboxylic acids is 2. The van der Waals surface area contributed by atoms with Gasteiger partial charge in [-0.3, -0.25) is 4.79 Å². The van der Waals surface area contributed by atoms with Crippen molar-refractivity contribution >= 4 is 46.2 Å². The van der Waals surface area contributed by atoms with Crippen molar-refractivity contribution in [3.05, 3.63) is 70.9 Å². The highest BCUT2D eigenvalue weighted by atomic mass is 16.5. The molecule has 1 aromatic heterocycles. The van der Waals surface area contributed by atoms with Crippen molar-refractivity contribution in [2.45, 2.75) is 26.8 Å². The van der Waals surface area contributed by atoms with Gasteiger partial charge in [-0.25, -0.2) is 9.59 Å². The van der Waals surface area contributed by atoms with E-state index in [9.17, 15) is 14.4 Å². The summed E-state index contributed by atoms with van der Waals surface area (Å²) in [6, 6.07) is 13.1. The first-order valence-electron chi connectivity index (χ1n) is 10.4. The third kappa shape index (κ3) is 3.69. The quantitative estimate of drug-likeness (QED) is 0.469. The molecule has 0 saturated heterocycles. The van der Waals surface area contributed by atoms with Crippen LogP contribution in [0, 0.1) is 6.92 Å². The molecule has 1 aliphatic heterocycles. The number of hydrogen-bond acceptors (Lipinski definition) is 5. The van der Waals surface area contributed by atoms with Gasteiger partial charge in [-0.05, 0) is 57.2 Å². The lowest BCUT2D eigenvalue weighted by Crippen LogP contribution is -2.21. The summed E-state index contributed by atoms with van der Waals surface area (Å²) in [6.45, 7) is 5.43. The number of aromatic carboxylic acids is 1. The Kier molecular flexibility index (Phi) is 5.59. The number of anilines is 1. The molecular weight excluding hydrogens is 422 g/mol. The molecule has 0 radical (unpaired) electrons. The zero-order valence-electron chi connectivity index (χ0n) is 18.7. The van der Waals surface area contributed by atoms with Crippen LogP contribution in [0.5, 0.6) is 0 Å². The van der Waals surface area contributed by atoms with Crippen LogP contribution in [0.2, 0.25) is 0 Å². The van der Waals surface area contributed by atoms with Gasteiger partial charge < -0.3 is 14.4 Å². The summed E-state index contributed by atoms with van der Waals surface area (Å²) in [7, 11) is 1.36. The summed E-state index contributed by atoms with van der Waals surface area (Å²) in [5.41, 5.74) is 4.08. The molecule has 0 aliphatic carbocycles. The van der Waals surface area contributed by atoms with Gasteiger partial charge >= 0.3 is 11.9 Å². The Morgan fingerprint density at radius 2 is 1.76 bits per heavy atom. The van der Waals surface area contributed by atoms with Crippen LogP contribution in [0.1, 0.15) is 41.5 Å². The molecule has 2 aromatic carbocycles. The molecule has 0 bridgehead atoms. The fraction of sp³-hybridized carbons (Fsp3) is 0.200. The second-order valence-corrected chi connectivity index (χ2v) is 7.80. The van der Waals surface area contributed by atoms with Crippen LogP contribution in [0.25, 0.3) is 17.0 Å². The van der Waals surface area contributed by atoms with Gasteiger partial charge in [0.1, 0.15) is 6.04 Å². The molecule has 3 aromatic rings. The van der Waals surface area contributed by atoms with E-state index in [1.165, 1.54) is 24.3 Å². The first-order valence-corrected chi connectivity index (χ1v) is 10.4. The average molecular weight is 445 g/mol. The van der Waals surface area contributed by atoms with Crippen LogP contribution in [0.3, 0.4) is 0 Å². The zero-order valence-corrected chi connectivity index (χ0v) is 18.7. The summed E-state index contributed by atoms with van der Waals surface area (Å²) in [5, 5.41) is 15.7. The number of nitrogens with zero attached hydrogens (tertiary/aromatic N) is 3. The van der Waals surface area contributed by atoms with Crippen molar-refractivity contribution in [1.29, 1.82) is 0 Å². The lowest BCUT2D eigenvalue weighted by Gasteiger charge is -2.15. The van der Waals surface area contributed by atoms with E-state index in [1.54, 1.807) is 32.1 Å². The maximum atomic E-state index is 13.2. The fourth-order valence-corrected chi connectivity index (χ4v) is 4.12. The number of esters is 1. The second kappa shape index (κ2) is 8.38. The van der Waals surface area contributed by atoms with Gasteiger partial charge in [0.15, 0.2) is 0 Å². The third-order valence-electron chi connectivity index (χ3n) is 5.84. The lowest BCUT2D eigenvalue weighted by molar-refractivity contribution is -0.143. The van der Waals surface area contributed by atoms with E-state index in [4.69, 9.17) is 9.84 Å². The van der Waals surface area contributed by atoms with Crippen molar-refractivity contribution in [3.8, 4) is 0 Å². The molecule has 1 atom stereocenters. The van der Waals surface area contributed by atoms with E-state index in [0.29, 0.717) is 17.0 Å². The number of hydrogen-bond donors (Lipinski definition) is 1. The van der Waals surface area contributed by atoms with E-state index in [0.717, 1.165) is 22.2 Å². The normalized spacial score (nSPS) is 15.8. The molecular formula is C25H23N3O5. The van der Waals surface area contributed by atoms with E-state index in [1.807, 2.05) is 35.8 Å². The Hall–Kier alpha value is -4.20. The molecule has 0 fully saturated rings. The molecule has 0 saturated carbocycles. The molecule has 8 nitrogen and oxygen atoms in total. The first kappa shape index (κ1) is 22.0. The van der Waals surface area contributed by atoms with Crippen LogP contribution in [0.4, 0.5) is 5.69 Å². The van der Waals surface area contributed by atoms with Crippen LogP contribution in [0.15, 0.2) is 59.2 Å². The van der Waals surface area contributed by atoms with E-state index in [-0.39, 0.29) is 17.4 Å². The van der Waals surface area contributed by atoms with Crippen molar-refractivity contribution in [2.24, 2.45) is 5.10 Å². The lowest BCUT2D eigenvalue weighted by atomic mass is 10.0.